The van der Waals surface area contributed by atoms with Crippen molar-refractivity contribution in [1.29, 1.82) is 0 Å². The molecule has 0 fully saturated rings. The van der Waals surface area contributed by atoms with Gasteiger partial charge in [0, 0.05) is 24.3 Å². The lowest BCUT2D eigenvalue weighted by Crippen LogP contribution is -2.27. The SMILES string of the molecule is COC(=O)c1ccc2c(c1)NC(=O)/C2=C(\Nc1ccc(CN(C)CCCNS(C)(=O)=O)cc1)c1ccccc1. The summed E-state index contributed by atoms with van der Waals surface area (Å²) >= 11 is 0. The molecular weight excluding hydrogens is 516 g/mol. The van der Waals surface area contributed by atoms with Crippen molar-refractivity contribution in [2.75, 3.05) is 44.1 Å². The highest BCUT2D eigenvalue weighted by molar-refractivity contribution is 7.88. The Bertz CT molecular complexity index is 1490. The fourth-order valence-corrected chi connectivity index (χ4v) is 4.90. The molecule has 0 spiro atoms. The predicted octanol–water partition coefficient (Wildman–Crippen LogP) is 3.78. The highest BCUT2D eigenvalue weighted by atomic mass is 32.2. The fourth-order valence-electron chi connectivity index (χ4n) is 4.38. The van der Waals surface area contributed by atoms with E-state index in [1.807, 2.05) is 61.6 Å². The molecule has 0 aromatic heterocycles. The largest absolute Gasteiger partial charge is 0.465 e. The molecule has 0 unspecified atom stereocenters. The minimum absolute atomic E-state index is 0.262. The van der Waals surface area contributed by atoms with Gasteiger partial charge in [0.1, 0.15) is 0 Å². The molecule has 10 heteroatoms. The third-order valence-electron chi connectivity index (χ3n) is 6.25. The van der Waals surface area contributed by atoms with Gasteiger partial charge in [-0.1, -0.05) is 48.5 Å². The predicted molar refractivity (Wildman–Crippen MR) is 154 cm³/mol. The number of esters is 1. The average Bonchev–Trinajstić information content (AvgIpc) is 3.24. The first-order chi connectivity index (χ1) is 18.6. The maximum Gasteiger partial charge on any atom is 0.337 e. The van der Waals surface area contributed by atoms with Gasteiger partial charge in [0.25, 0.3) is 5.91 Å². The number of carbonyl (C=O) groups is 2. The number of rotatable bonds is 11. The molecule has 3 aromatic carbocycles. The van der Waals surface area contributed by atoms with Gasteiger partial charge in [-0.05, 0) is 55.4 Å². The van der Waals surface area contributed by atoms with Gasteiger partial charge in [-0.15, -0.1) is 0 Å². The van der Waals surface area contributed by atoms with Gasteiger partial charge in [0.05, 0.1) is 35.9 Å². The molecule has 3 aromatic rings. The summed E-state index contributed by atoms with van der Waals surface area (Å²) in [6.45, 7) is 1.87. The van der Waals surface area contributed by atoms with Crippen LogP contribution in [0.15, 0.2) is 72.8 Å². The second-order valence-corrected chi connectivity index (χ2v) is 11.2. The molecule has 39 heavy (non-hydrogen) atoms. The summed E-state index contributed by atoms with van der Waals surface area (Å²) in [6.07, 6.45) is 1.87. The molecule has 0 radical (unpaired) electrons. The third kappa shape index (κ3) is 7.32. The fraction of sp³-hybridized carbons (Fsp3) is 0.241. The van der Waals surface area contributed by atoms with Crippen LogP contribution in [0.3, 0.4) is 0 Å². The monoisotopic (exact) mass is 548 g/mol. The normalized spacial score (nSPS) is 14.1. The Balaban J connectivity index is 1.54. The molecule has 0 saturated heterocycles. The van der Waals surface area contributed by atoms with E-state index in [-0.39, 0.29) is 5.91 Å². The van der Waals surface area contributed by atoms with Crippen molar-refractivity contribution in [3.8, 4) is 0 Å². The van der Waals surface area contributed by atoms with E-state index in [0.29, 0.717) is 47.6 Å². The van der Waals surface area contributed by atoms with E-state index in [2.05, 4.69) is 20.3 Å². The molecule has 0 saturated carbocycles. The van der Waals surface area contributed by atoms with Gasteiger partial charge in [-0.25, -0.2) is 17.9 Å². The number of ether oxygens (including phenoxy) is 1. The number of hydrogen-bond donors (Lipinski definition) is 3. The first kappa shape index (κ1) is 28.0. The number of carbonyl (C=O) groups excluding carboxylic acids is 2. The Morgan fingerprint density at radius 1 is 1.00 bits per heavy atom. The number of benzene rings is 3. The molecule has 4 rings (SSSR count). The Labute approximate surface area is 228 Å². The summed E-state index contributed by atoms with van der Waals surface area (Å²) in [5.74, 6) is -0.732. The molecule has 1 aliphatic rings. The number of hydrogen-bond acceptors (Lipinski definition) is 7. The summed E-state index contributed by atoms with van der Waals surface area (Å²) < 4.78 is 29.7. The summed E-state index contributed by atoms with van der Waals surface area (Å²) in [5.41, 5.74) is 5.52. The Morgan fingerprint density at radius 3 is 2.38 bits per heavy atom. The van der Waals surface area contributed by atoms with Crippen molar-refractivity contribution in [3.05, 3.63) is 95.1 Å². The lowest BCUT2D eigenvalue weighted by atomic mass is 9.99. The molecule has 3 N–H and O–H groups in total. The zero-order chi connectivity index (χ0) is 28.0. The van der Waals surface area contributed by atoms with Crippen molar-refractivity contribution in [3.63, 3.8) is 0 Å². The van der Waals surface area contributed by atoms with Crippen molar-refractivity contribution >= 4 is 44.5 Å². The second-order valence-electron chi connectivity index (χ2n) is 9.40. The number of amides is 1. The van der Waals surface area contributed by atoms with Crippen molar-refractivity contribution in [2.45, 2.75) is 13.0 Å². The molecule has 0 atom stereocenters. The molecule has 0 bridgehead atoms. The van der Waals surface area contributed by atoms with Crippen LogP contribution in [0.2, 0.25) is 0 Å². The van der Waals surface area contributed by atoms with Crippen LogP contribution in [-0.4, -0.2) is 58.7 Å². The van der Waals surface area contributed by atoms with Crippen LogP contribution in [-0.2, 0) is 26.1 Å². The van der Waals surface area contributed by atoms with E-state index in [1.54, 1.807) is 18.2 Å². The minimum Gasteiger partial charge on any atom is -0.465 e. The Morgan fingerprint density at radius 2 is 1.72 bits per heavy atom. The summed E-state index contributed by atoms with van der Waals surface area (Å²) in [5, 5.41) is 6.32. The smallest absolute Gasteiger partial charge is 0.337 e. The molecular formula is C29H32N4O5S. The highest BCUT2D eigenvalue weighted by Gasteiger charge is 2.29. The van der Waals surface area contributed by atoms with Crippen molar-refractivity contribution < 1.29 is 22.7 Å². The summed E-state index contributed by atoms with van der Waals surface area (Å²) in [7, 11) is 0.140. The molecule has 0 aliphatic carbocycles. The van der Waals surface area contributed by atoms with Crippen molar-refractivity contribution in [2.24, 2.45) is 0 Å². The molecule has 1 aliphatic heterocycles. The van der Waals surface area contributed by atoms with Gasteiger partial charge in [0.2, 0.25) is 10.0 Å². The van der Waals surface area contributed by atoms with E-state index >= 15 is 0 Å². The molecule has 9 nitrogen and oxygen atoms in total. The molecule has 1 heterocycles. The number of sulfonamides is 1. The van der Waals surface area contributed by atoms with E-state index in [0.717, 1.165) is 29.6 Å². The third-order valence-corrected chi connectivity index (χ3v) is 6.98. The number of fused-ring (bicyclic) bond motifs is 1. The first-order valence-electron chi connectivity index (χ1n) is 12.5. The number of anilines is 2. The van der Waals surface area contributed by atoms with Gasteiger partial charge in [0.15, 0.2) is 0 Å². The first-order valence-corrected chi connectivity index (χ1v) is 14.4. The zero-order valence-electron chi connectivity index (χ0n) is 22.2. The van der Waals surface area contributed by atoms with Gasteiger partial charge in [-0.2, -0.15) is 0 Å². The van der Waals surface area contributed by atoms with E-state index in [1.165, 1.54) is 7.11 Å². The van der Waals surface area contributed by atoms with Crippen LogP contribution in [0.5, 0.6) is 0 Å². The topological polar surface area (TPSA) is 117 Å². The summed E-state index contributed by atoms with van der Waals surface area (Å²) in [6, 6.07) is 22.6. The van der Waals surface area contributed by atoms with Crippen molar-refractivity contribution in [1.82, 2.24) is 9.62 Å². The van der Waals surface area contributed by atoms with Gasteiger partial charge in [-0.3, -0.25) is 4.79 Å². The van der Waals surface area contributed by atoms with Gasteiger partial charge >= 0.3 is 5.97 Å². The van der Waals surface area contributed by atoms with E-state index in [4.69, 9.17) is 4.74 Å². The quantitative estimate of drug-likeness (QED) is 0.190. The Kier molecular flexibility index (Phi) is 8.80. The van der Waals surface area contributed by atoms with E-state index < -0.39 is 16.0 Å². The number of nitrogens with zero attached hydrogens (tertiary/aromatic N) is 1. The van der Waals surface area contributed by atoms with Crippen LogP contribution < -0.4 is 15.4 Å². The lowest BCUT2D eigenvalue weighted by molar-refractivity contribution is -0.110. The van der Waals surface area contributed by atoms with Crippen LogP contribution in [0.4, 0.5) is 11.4 Å². The highest BCUT2D eigenvalue weighted by Crippen LogP contribution is 2.38. The number of methoxy groups -OCH3 is 1. The van der Waals surface area contributed by atoms with Gasteiger partial charge < -0.3 is 20.3 Å². The van der Waals surface area contributed by atoms with E-state index in [9.17, 15) is 18.0 Å². The Hall–Kier alpha value is -3.99. The minimum atomic E-state index is -3.17. The molecule has 204 valence electrons. The zero-order valence-corrected chi connectivity index (χ0v) is 23.0. The maximum absolute atomic E-state index is 13.2. The maximum atomic E-state index is 13.2. The lowest BCUT2D eigenvalue weighted by Gasteiger charge is -2.18. The van der Waals surface area contributed by atoms with Crippen LogP contribution in [0.25, 0.3) is 11.3 Å². The second kappa shape index (κ2) is 12.2. The van der Waals surface area contributed by atoms with Crippen LogP contribution in [0.1, 0.15) is 33.5 Å². The van der Waals surface area contributed by atoms with Crippen LogP contribution >= 0.6 is 0 Å². The summed E-state index contributed by atoms with van der Waals surface area (Å²) in [4.78, 5) is 27.3. The average molecular weight is 549 g/mol. The number of nitrogens with one attached hydrogen (secondary N) is 3. The standard InChI is InChI=1S/C29H32N4O5S/c1-33(17-7-16-30-39(3,36)37)19-20-10-13-23(14-11-20)31-27(21-8-5-4-6-9-21)26-24-15-12-22(29(35)38-2)18-25(24)32-28(26)34/h4-6,8-15,18,30-31H,7,16-17,19H2,1-3H3,(H,32,34)/b27-26-. The van der Waals surface area contributed by atoms with Crippen LogP contribution in [0, 0.1) is 0 Å². The molecule has 1 amide bonds.